The molecule has 0 bridgehead atoms. The molecule has 1 saturated heterocycles. The molecule has 0 aliphatic carbocycles. The molecule has 1 fully saturated rings. The predicted molar refractivity (Wildman–Crippen MR) is 99.8 cm³/mol. The van der Waals surface area contributed by atoms with Crippen LogP contribution in [0, 0.1) is 0 Å². The minimum absolute atomic E-state index is 0.640. The zero-order valence-electron chi connectivity index (χ0n) is 14.0. The second-order valence-corrected chi connectivity index (χ2v) is 6.15. The number of para-hydroxylation sites is 1. The quantitative estimate of drug-likeness (QED) is 0.684. The van der Waals surface area contributed by atoms with Crippen molar-refractivity contribution >= 4 is 16.6 Å². The number of nitrogens with zero attached hydrogens (tertiary/aromatic N) is 2. The lowest BCUT2D eigenvalue weighted by Gasteiger charge is -2.25. The first-order valence-corrected chi connectivity index (χ1v) is 8.74. The molecule has 3 aromatic rings. The maximum atomic E-state index is 6.14. The number of benzene rings is 2. The van der Waals surface area contributed by atoms with Gasteiger partial charge in [-0.15, -0.1) is 0 Å². The van der Waals surface area contributed by atoms with Gasteiger partial charge in [-0.1, -0.05) is 48.5 Å². The summed E-state index contributed by atoms with van der Waals surface area (Å²) >= 11 is 0. The molecule has 1 aliphatic rings. The van der Waals surface area contributed by atoms with Crippen LogP contribution < -0.4 is 9.64 Å². The van der Waals surface area contributed by atoms with E-state index in [2.05, 4.69) is 53.4 Å². The Kier molecular flexibility index (Phi) is 4.08. The van der Waals surface area contributed by atoms with Gasteiger partial charge in [0.2, 0.25) is 0 Å². The molecule has 1 aliphatic heterocycles. The number of hydrogen-bond donors (Lipinski definition) is 0. The molecule has 0 N–H and O–H groups in total. The number of anilines is 1. The van der Waals surface area contributed by atoms with E-state index in [9.17, 15) is 0 Å². The summed E-state index contributed by atoms with van der Waals surface area (Å²) in [4.78, 5) is 7.40. The number of pyridine rings is 1. The normalized spacial score (nSPS) is 14.3. The SMILES string of the molecule is CCOc1c(-c2ccccc2)nc2ccccc2c1N1CCCC1. The van der Waals surface area contributed by atoms with E-state index < -0.39 is 0 Å². The van der Waals surface area contributed by atoms with Crippen LogP contribution in [-0.2, 0) is 0 Å². The molecule has 0 atom stereocenters. The second-order valence-electron chi connectivity index (χ2n) is 6.15. The van der Waals surface area contributed by atoms with Crippen LogP contribution in [-0.4, -0.2) is 24.7 Å². The summed E-state index contributed by atoms with van der Waals surface area (Å²) in [5, 5.41) is 1.18. The minimum atomic E-state index is 0.640. The summed E-state index contributed by atoms with van der Waals surface area (Å²) in [6, 6.07) is 18.7. The Morgan fingerprint density at radius 1 is 0.958 bits per heavy atom. The van der Waals surface area contributed by atoms with Crippen LogP contribution in [0.25, 0.3) is 22.2 Å². The number of ether oxygens (including phenoxy) is 1. The molecule has 24 heavy (non-hydrogen) atoms. The summed E-state index contributed by atoms with van der Waals surface area (Å²) in [7, 11) is 0. The standard InChI is InChI=1S/C21H22N2O/c1-2-24-21-19(16-10-4-3-5-11-16)22-18-13-7-6-12-17(18)20(21)23-14-8-9-15-23/h3-7,10-13H,2,8-9,14-15H2,1H3. The third-order valence-corrected chi connectivity index (χ3v) is 4.58. The van der Waals surface area contributed by atoms with E-state index in [1.54, 1.807) is 0 Å². The maximum Gasteiger partial charge on any atom is 0.169 e. The Balaban J connectivity index is 2.02. The largest absolute Gasteiger partial charge is 0.489 e. The average molecular weight is 318 g/mol. The molecular weight excluding hydrogens is 296 g/mol. The van der Waals surface area contributed by atoms with Gasteiger partial charge in [-0.3, -0.25) is 0 Å². The van der Waals surface area contributed by atoms with Crippen LogP contribution in [0.5, 0.6) is 5.75 Å². The van der Waals surface area contributed by atoms with Crippen molar-refractivity contribution in [1.82, 2.24) is 4.98 Å². The molecule has 122 valence electrons. The highest BCUT2D eigenvalue weighted by Gasteiger charge is 2.24. The molecule has 0 amide bonds. The number of rotatable bonds is 4. The van der Waals surface area contributed by atoms with Crippen molar-refractivity contribution in [2.24, 2.45) is 0 Å². The molecule has 0 unspecified atom stereocenters. The van der Waals surface area contributed by atoms with Crippen molar-refractivity contribution in [1.29, 1.82) is 0 Å². The lowest BCUT2D eigenvalue weighted by atomic mass is 10.1. The Morgan fingerprint density at radius 3 is 2.42 bits per heavy atom. The smallest absolute Gasteiger partial charge is 0.169 e. The van der Waals surface area contributed by atoms with Crippen LogP contribution >= 0.6 is 0 Å². The van der Waals surface area contributed by atoms with Crippen LogP contribution in [0.2, 0.25) is 0 Å². The van der Waals surface area contributed by atoms with E-state index in [1.807, 2.05) is 13.0 Å². The monoisotopic (exact) mass is 318 g/mol. The van der Waals surface area contributed by atoms with Crippen molar-refractivity contribution in [2.75, 3.05) is 24.6 Å². The molecule has 2 aromatic carbocycles. The van der Waals surface area contributed by atoms with Gasteiger partial charge in [-0.25, -0.2) is 4.98 Å². The van der Waals surface area contributed by atoms with Crippen molar-refractivity contribution in [3.8, 4) is 17.0 Å². The molecular formula is C21H22N2O. The van der Waals surface area contributed by atoms with Gasteiger partial charge < -0.3 is 9.64 Å². The van der Waals surface area contributed by atoms with E-state index in [4.69, 9.17) is 9.72 Å². The molecule has 3 heteroatoms. The van der Waals surface area contributed by atoms with Gasteiger partial charge >= 0.3 is 0 Å². The predicted octanol–water partition coefficient (Wildman–Crippen LogP) is 4.90. The van der Waals surface area contributed by atoms with E-state index in [-0.39, 0.29) is 0 Å². The van der Waals surface area contributed by atoms with Crippen LogP contribution in [0.3, 0.4) is 0 Å². The van der Waals surface area contributed by atoms with E-state index >= 15 is 0 Å². The summed E-state index contributed by atoms with van der Waals surface area (Å²) in [6.45, 7) is 4.85. The lowest BCUT2D eigenvalue weighted by Crippen LogP contribution is -2.20. The summed E-state index contributed by atoms with van der Waals surface area (Å²) < 4.78 is 6.14. The molecule has 3 nitrogen and oxygen atoms in total. The molecule has 0 saturated carbocycles. The van der Waals surface area contributed by atoms with Crippen LogP contribution in [0.1, 0.15) is 19.8 Å². The highest BCUT2D eigenvalue weighted by Crippen LogP contribution is 2.43. The number of hydrogen-bond acceptors (Lipinski definition) is 3. The van der Waals surface area contributed by atoms with E-state index in [0.29, 0.717) is 6.61 Å². The average Bonchev–Trinajstić information content (AvgIpc) is 3.16. The number of aromatic nitrogens is 1. The first-order chi connectivity index (χ1) is 11.9. The highest BCUT2D eigenvalue weighted by molar-refractivity contribution is 5.99. The maximum absolute atomic E-state index is 6.14. The van der Waals surface area contributed by atoms with E-state index in [0.717, 1.165) is 35.6 Å². The lowest BCUT2D eigenvalue weighted by molar-refractivity contribution is 0.341. The zero-order chi connectivity index (χ0) is 16.4. The summed E-state index contributed by atoms with van der Waals surface area (Å²) in [5.74, 6) is 0.921. The Morgan fingerprint density at radius 2 is 1.67 bits per heavy atom. The Hall–Kier alpha value is -2.55. The number of fused-ring (bicyclic) bond motifs is 1. The third-order valence-electron chi connectivity index (χ3n) is 4.58. The van der Waals surface area contributed by atoms with Gasteiger partial charge in [-0.05, 0) is 25.8 Å². The Labute approximate surface area is 142 Å². The molecule has 1 aromatic heterocycles. The second kappa shape index (κ2) is 6.52. The van der Waals surface area contributed by atoms with Gasteiger partial charge in [0.25, 0.3) is 0 Å². The van der Waals surface area contributed by atoms with Crippen LogP contribution in [0.15, 0.2) is 54.6 Å². The summed E-state index contributed by atoms with van der Waals surface area (Å²) in [5.41, 5.74) is 4.28. The van der Waals surface area contributed by atoms with Gasteiger partial charge in [0, 0.05) is 24.0 Å². The van der Waals surface area contributed by atoms with Gasteiger partial charge in [0.05, 0.1) is 17.8 Å². The molecule has 0 radical (unpaired) electrons. The third kappa shape index (κ3) is 2.60. The van der Waals surface area contributed by atoms with Crippen molar-refractivity contribution < 1.29 is 4.74 Å². The fraction of sp³-hybridized carbons (Fsp3) is 0.286. The fourth-order valence-electron chi connectivity index (χ4n) is 3.50. The Bertz CT molecular complexity index is 839. The molecule has 4 rings (SSSR count). The van der Waals surface area contributed by atoms with Gasteiger partial charge in [0.1, 0.15) is 5.69 Å². The van der Waals surface area contributed by atoms with E-state index in [1.165, 1.54) is 23.9 Å². The molecule has 2 heterocycles. The van der Waals surface area contributed by atoms with Crippen molar-refractivity contribution in [3.05, 3.63) is 54.6 Å². The van der Waals surface area contributed by atoms with Crippen molar-refractivity contribution in [3.63, 3.8) is 0 Å². The first-order valence-electron chi connectivity index (χ1n) is 8.74. The highest BCUT2D eigenvalue weighted by atomic mass is 16.5. The summed E-state index contributed by atoms with van der Waals surface area (Å²) in [6.07, 6.45) is 2.48. The first kappa shape index (κ1) is 15.0. The zero-order valence-corrected chi connectivity index (χ0v) is 14.0. The van der Waals surface area contributed by atoms with Crippen molar-refractivity contribution in [2.45, 2.75) is 19.8 Å². The van der Waals surface area contributed by atoms with Crippen LogP contribution in [0.4, 0.5) is 5.69 Å². The fourth-order valence-corrected chi connectivity index (χ4v) is 3.50. The molecule has 0 spiro atoms. The topological polar surface area (TPSA) is 25.4 Å². The van der Waals surface area contributed by atoms with Gasteiger partial charge in [-0.2, -0.15) is 0 Å². The van der Waals surface area contributed by atoms with Gasteiger partial charge in [0.15, 0.2) is 5.75 Å². The minimum Gasteiger partial charge on any atom is -0.489 e.